The Hall–Kier alpha value is -0.283. The second-order valence-electron chi connectivity index (χ2n) is 3.12. The van der Waals surface area contributed by atoms with Crippen molar-refractivity contribution < 1.29 is 36.6 Å². The van der Waals surface area contributed by atoms with Gasteiger partial charge in [0.1, 0.15) is 0 Å². The molecule has 0 aromatic heterocycles. The normalized spacial score (nSPS) is 10.3. The number of carbonyl (C=O) groups is 1. The molecule has 0 atom stereocenters. The summed E-state index contributed by atoms with van der Waals surface area (Å²) < 4.78 is 30.7. The molecular formula is C8H14LiNO4S. The molecule has 7 heteroatoms. The zero-order valence-electron chi connectivity index (χ0n) is 9.32. The summed E-state index contributed by atoms with van der Waals surface area (Å²) >= 11 is 0. The Balaban J connectivity index is 0. The van der Waals surface area contributed by atoms with Gasteiger partial charge in [-0.1, -0.05) is 6.58 Å². The van der Waals surface area contributed by atoms with Crippen molar-refractivity contribution in [3.05, 3.63) is 12.2 Å². The Labute approximate surface area is 102 Å². The molecule has 0 aromatic carbocycles. The number of carbonyl (C=O) groups excluding carboxylic acids is 1. The minimum absolute atomic E-state index is 0. The van der Waals surface area contributed by atoms with Gasteiger partial charge in [0, 0.05) is 24.9 Å². The van der Waals surface area contributed by atoms with E-state index in [2.05, 4.69) is 6.58 Å². The predicted molar refractivity (Wildman–Crippen MR) is 51.6 cm³/mol. The SMILES string of the molecule is C=C(C)C(=O)N(C)CCCS(=O)(=O)[O-].[Li+]. The van der Waals surface area contributed by atoms with Gasteiger partial charge in [0.05, 0.1) is 10.1 Å². The fraction of sp³-hybridized carbons (Fsp3) is 0.625. The largest absolute Gasteiger partial charge is 1.00 e. The first-order valence-corrected chi connectivity index (χ1v) is 5.66. The van der Waals surface area contributed by atoms with Crippen LogP contribution in [0.1, 0.15) is 13.3 Å². The van der Waals surface area contributed by atoms with Crippen molar-refractivity contribution in [1.82, 2.24) is 4.90 Å². The number of likely N-dealkylation sites (N-methyl/N-ethyl adjacent to an activating group) is 1. The van der Waals surface area contributed by atoms with Gasteiger partial charge in [-0.15, -0.1) is 0 Å². The van der Waals surface area contributed by atoms with E-state index in [0.29, 0.717) is 5.57 Å². The minimum Gasteiger partial charge on any atom is -0.748 e. The Morgan fingerprint density at radius 2 is 1.93 bits per heavy atom. The van der Waals surface area contributed by atoms with Crippen LogP contribution < -0.4 is 18.9 Å². The molecule has 0 aliphatic rings. The smallest absolute Gasteiger partial charge is 0.748 e. The molecule has 0 N–H and O–H groups in total. The van der Waals surface area contributed by atoms with Gasteiger partial charge < -0.3 is 9.45 Å². The van der Waals surface area contributed by atoms with E-state index in [9.17, 15) is 17.8 Å². The van der Waals surface area contributed by atoms with E-state index >= 15 is 0 Å². The number of amides is 1. The van der Waals surface area contributed by atoms with E-state index in [1.54, 1.807) is 6.92 Å². The molecule has 0 radical (unpaired) electrons. The zero-order chi connectivity index (χ0) is 11.4. The summed E-state index contributed by atoms with van der Waals surface area (Å²) in [7, 11) is -2.64. The van der Waals surface area contributed by atoms with Crippen LogP contribution in [0.3, 0.4) is 0 Å². The Morgan fingerprint density at radius 1 is 1.47 bits per heavy atom. The first kappa shape index (κ1) is 17.1. The molecule has 0 aliphatic heterocycles. The molecule has 0 aliphatic carbocycles. The van der Waals surface area contributed by atoms with Gasteiger partial charge in [-0.25, -0.2) is 8.42 Å². The molecule has 0 aromatic rings. The third-order valence-electron chi connectivity index (χ3n) is 1.60. The van der Waals surface area contributed by atoms with Crippen molar-refractivity contribution in [2.45, 2.75) is 13.3 Å². The van der Waals surface area contributed by atoms with Crippen LogP contribution in [0.15, 0.2) is 12.2 Å². The zero-order valence-corrected chi connectivity index (χ0v) is 10.1. The molecule has 0 spiro atoms. The third kappa shape index (κ3) is 8.70. The van der Waals surface area contributed by atoms with E-state index in [4.69, 9.17) is 0 Å². The topological polar surface area (TPSA) is 77.5 Å². The monoisotopic (exact) mass is 227 g/mol. The third-order valence-corrected chi connectivity index (χ3v) is 2.39. The molecule has 5 nitrogen and oxygen atoms in total. The molecule has 15 heavy (non-hydrogen) atoms. The quantitative estimate of drug-likeness (QED) is 0.284. The van der Waals surface area contributed by atoms with Crippen LogP contribution in [-0.4, -0.2) is 43.1 Å². The van der Waals surface area contributed by atoms with Gasteiger partial charge in [-0.2, -0.15) is 0 Å². The molecule has 0 unspecified atom stereocenters. The molecule has 1 amide bonds. The van der Waals surface area contributed by atoms with Crippen molar-refractivity contribution in [2.75, 3.05) is 19.3 Å². The molecule has 0 bridgehead atoms. The average Bonchev–Trinajstić information content (AvgIpc) is 2.00. The van der Waals surface area contributed by atoms with Crippen molar-refractivity contribution in [3.8, 4) is 0 Å². The second kappa shape index (κ2) is 7.07. The molecule has 0 rings (SSSR count). The average molecular weight is 227 g/mol. The summed E-state index contributed by atoms with van der Waals surface area (Å²) in [5, 5.41) is 0. The number of hydrogen-bond donors (Lipinski definition) is 0. The summed E-state index contributed by atoms with van der Waals surface area (Å²) in [4.78, 5) is 12.5. The van der Waals surface area contributed by atoms with Gasteiger partial charge in [0.2, 0.25) is 5.91 Å². The molecule has 0 saturated carbocycles. The molecule has 82 valence electrons. The van der Waals surface area contributed by atoms with Gasteiger partial charge in [0.25, 0.3) is 0 Å². The second-order valence-corrected chi connectivity index (χ2v) is 4.65. The van der Waals surface area contributed by atoms with Crippen molar-refractivity contribution in [3.63, 3.8) is 0 Å². The molecule has 0 heterocycles. The van der Waals surface area contributed by atoms with E-state index < -0.39 is 15.9 Å². The Kier molecular flexibility index (Phi) is 8.07. The fourth-order valence-electron chi connectivity index (χ4n) is 0.906. The minimum atomic E-state index is -4.18. The van der Waals surface area contributed by atoms with Gasteiger partial charge in [-0.05, 0) is 13.3 Å². The summed E-state index contributed by atoms with van der Waals surface area (Å²) in [5.41, 5.74) is 0.387. The van der Waals surface area contributed by atoms with Gasteiger partial charge >= 0.3 is 18.9 Å². The first-order chi connectivity index (χ1) is 6.24. The summed E-state index contributed by atoms with van der Waals surface area (Å²) in [6, 6.07) is 0. The van der Waals surface area contributed by atoms with Crippen LogP contribution >= 0.6 is 0 Å². The number of hydrogen-bond acceptors (Lipinski definition) is 4. The van der Waals surface area contributed by atoms with Crippen LogP contribution in [0, 0.1) is 0 Å². The first-order valence-electron chi connectivity index (χ1n) is 4.08. The Morgan fingerprint density at radius 3 is 2.27 bits per heavy atom. The predicted octanol–water partition coefficient (Wildman–Crippen LogP) is -3.04. The van der Waals surface area contributed by atoms with E-state index in [0.717, 1.165) is 0 Å². The summed E-state index contributed by atoms with van der Waals surface area (Å²) in [6.45, 7) is 5.28. The van der Waals surface area contributed by atoms with E-state index in [1.807, 2.05) is 0 Å². The maximum Gasteiger partial charge on any atom is 1.00 e. The Bertz CT molecular complexity index is 326. The van der Waals surface area contributed by atoms with Crippen LogP contribution in [0.5, 0.6) is 0 Å². The summed E-state index contributed by atoms with van der Waals surface area (Å²) in [5.74, 6) is -0.686. The fourth-order valence-corrected chi connectivity index (χ4v) is 1.39. The van der Waals surface area contributed by atoms with Gasteiger partial charge in [0.15, 0.2) is 0 Å². The van der Waals surface area contributed by atoms with E-state index in [-0.39, 0.29) is 37.7 Å². The van der Waals surface area contributed by atoms with Gasteiger partial charge in [-0.3, -0.25) is 4.79 Å². The van der Waals surface area contributed by atoms with Crippen LogP contribution in [0.4, 0.5) is 0 Å². The summed E-state index contributed by atoms with van der Waals surface area (Å²) in [6.07, 6.45) is 0.154. The standard InChI is InChI=1S/C8H15NO4S.Li/c1-7(2)8(10)9(3)5-4-6-14(11,12)13;/h1,4-6H2,2-3H3,(H,11,12,13);/q;+1/p-1. The van der Waals surface area contributed by atoms with Crippen LogP contribution in [0.2, 0.25) is 0 Å². The van der Waals surface area contributed by atoms with Crippen LogP contribution in [-0.2, 0) is 14.9 Å². The molecule has 0 saturated heterocycles. The van der Waals surface area contributed by atoms with Crippen LogP contribution in [0.25, 0.3) is 0 Å². The van der Waals surface area contributed by atoms with Crippen molar-refractivity contribution >= 4 is 16.0 Å². The van der Waals surface area contributed by atoms with E-state index in [1.165, 1.54) is 11.9 Å². The van der Waals surface area contributed by atoms with Crippen molar-refractivity contribution in [1.29, 1.82) is 0 Å². The molecule has 0 fully saturated rings. The maximum atomic E-state index is 11.2. The van der Waals surface area contributed by atoms with Crippen molar-refractivity contribution in [2.24, 2.45) is 0 Å². The number of nitrogens with zero attached hydrogens (tertiary/aromatic N) is 1. The molecular weight excluding hydrogens is 213 g/mol. The number of rotatable bonds is 5. The maximum absolute atomic E-state index is 11.2.